The largest absolute Gasteiger partial charge is 0.310 e. The summed E-state index contributed by atoms with van der Waals surface area (Å²) < 4.78 is 0. The molecule has 0 aliphatic carbocycles. The van der Waals surface area contributed by atoms with Crippen LogP contribution < -0.4 is 5.32 Å². The average molecular weight is 213 g/mol. The number of ketones is 1. The van der Waals surface area contributed by atoms with E-state index in [0.29, 0.717) is 6.54 Å². The van der Waals surface area contributed by atoms with Crippen molar-refractivity contribution in [2.45, 2.75) is 6.92 Å². The van der Waals surface area contributed by atoms with Crippen LogP contribution in [0, 0.1) is 0 Å². The van der Waals surface area contributed by atoms with Crippen LogP contribution in [0.15, 0.2) is 42.5 Å². The Hall–Kier alpha value is -1.67. The Balaban J connectivity index is 2.40. The number of rotatable bonds is 4. The molecule has 0 saturated heterocycles. The van der Waals surface area contributed by atoms with Gasteiger partial charge in [-0.3, -0.25) is 4.79 Å². The van der Waals surface area contributed by atoms with Gasteiger partial charge in [-0.25, -0.2) is 0 Å². The molecule has 0 aliphatic heterocycles. The minimum atomic E-state index is 0.152. The van der Waals surface area contributed by atoms with Crippen molar-refractivity contribution in [2.24, 2.45) is 0 Å². The third-order valence-corrected chi connectivity index (χ3v) is 2.63. The van der Waals surface area contributed by atoms with Crippen molar-refractivity contribution < 1.29 is 4.79 Å². The van der Waals surface area contributed by atoms with Gasteiger partial charge in [0.25, 0.3) is 0 Å². The maximum Gasteiger partial charge on any atom is 0.177 e. The van der Waals surface area contributed by atoms with E-state index in [2.05, 4.69) is 5.32 Å². The fraction of sp³-hybridized carbons (Fsp3) is 0.214. The molecule has 2 nitrogen and oxygen atoms in total. The average Bonchev–Trinajstić information content (AvgIpc) is 2.35. The van der Waals surface area contributed by atoms with E-state index in [1.807, 2.05) is 49.4 Å². The molecule has 1 N–H and O–H groups in total. The third-order valence-electron chi connectivity index (χ3n) is 2.63. The Morgan fingerprint density at radius 2 is 1.88 bits per heavy atom. The highest BCUT2D eigenvalue weighted by atomic mass is 16.1. The number of carbonyl (C=O) groups excluding carboxylic acids is 1. The third kappa shape index (κ3) is 2.12. The van der Waals surface area contributed by atoms with E-state index in [-0.39, 0.29) is 5.78 Å². The van der Waals surface area contributed by atoms with Crippen molar-refractivity contribution in [3.05, 3.63) is 48.0 Å². The zero-order valence-electron chi connectivity index (χ0n) is 9.36. The second kappa shape index (κ2) is 4.90. The van der Waals surface area contributed by atoms with Crippen molar-refractivity contribution in [1.82, 2.24) is 5.32 Å². The van der Waals surface area contributed by atoms with Crippen LogP contribution in [0.2, 0.25) is 0 Å². The molecule has 0 unspecified atom stereocenters. The molecule has 0 aromatic heterocycles. The smallest absolute Gasteiger partial charge is 0.177 e. The van der Waals surface area contributed by atoms with E-state index < -0.39 is 0 Å². The van der Waals surface area contributed by atoms with Gasteiger partial charge in [0.05, 0.1) is 6.54 Å². The summed E-state index contributed by atoms with van der Waals surface area (Å²) >= 11 is 0. The molecule has 82 valence electrons. The summed E-state index contributed by atoms with van der Waals surface area (Å²) in [6.45, 7) is 3.22. The predicted molar refractivity (Wildman–Crippen MR) is 66.8 cm³/mol. The van der Waals surface area contributed by atoms with Gasteiger partial charge in [0.1, 0.15) is 0 Å². The van der Waals surface area contributed by atoms with Gasteiger partial charge in [-0.2, -0.15) is 0 Å². The quantitative estimate of drug-likeness (QED) is 0.791. The SMILES string of the molecule is CCNCC(=O)c1cccc2ccccc12. The Morgan fingerprint density at radius 3 is 2.69 bits per heavy atom. The minimum Gasteiger partial charge on any atom is -0.310 e. The molecule has 0 heterocycles. The summed E-state index contributed by atoms with van der Waals surface area (Å²) in [7, 11) is 0. The Bertz CT molecular complexity index is 500. The molecule has 2 aromatic carbocycles. The normalized spacial score (nSPS) is 10.6. The fourth-order valence-electron chi connectivity index (χ4n) is 1.80. The zero-order valence-corrected chi connectivity index (χ0v) is 9.36. The van der Waals surface area contributed by atoms with Crippen molar-refractivity contribution >= 4 is 16.6 Å². The lowest BCUT2D eigenvalue weighted by molar-refractivity contribution is 0.0993. The van der Waals surface area contributed by atoms with E-state index in [1.54, 1.807) is 0 Å². The first-order valence-electron chi connectivity index (χ1n) is 5.54. The molecule has 0 saturated carbocycles. The van der Waals surface area contributed by atoms with Crippen molar-refractivity contribution in [1.29, 1.82) is 0 Å². The molecule has 16 heavy (non-hydrogen) atoms. The van der Waals surface area contributed by atoms with Crippen molar-refractivity contribution in [3.63, 3.8) is 0 Å². The number of fused-ring (bicyclic) bond motifs is 1. The maximum atomic E-state index is 12.0. The van der Waals surface area contributed by atoms with Gasteiger partial charge in [-0.05, 0) is 17.3 Å². The number of nitrogens with one attached hydrogen (secondary N) is 1. The van der Waals surface area contributed by atoms with Crippen molar-refractivity contribution in [2.75, 3.05) is 13.1 Å². The highest BCUT2D eigenvalue weighted by Crippen LogP contribution is 2.18. The van der Waals surface area contributed by atoms with Crippen LogP contribution in [0.1, 0.15) is 17.3 Å². The summed E-state index contributed by atoms with van der Waals surface area (Å²) in [5, 5.41) is 5.21. The first kappa shape index (κ1) is 10.8. The number of hydrogen-bond donors (Lipinski definition) is 1. The number of likely N-dealkylation sites (N-methyl/N-ethyl adjacent to an activating group) is 1. The van der Waals surface area contributed by atoms with Gasteiger partial charge in [0.2, 0.25) is 0 Å². The Morgan fingerprint density at radius 1 is 1.12 bits per heavy atom. The lowest BCUT2D eigenvalue weighted by atomic mass is 10.0. The van der Waals surface area contributed by atoms with E-state index in [1.165, 1.54) is 0 Å². The molecule has 0 fully saturated rings. The van der Waals surface area contributed by atoms with Gasteiger partial charge in [-0.15, -0.1) is 0 Å². The topological polar surface area (TPSA) is 29.1 Å². The Labute approximate surface area is 95.3 Å². The standard InChI is InChI=1S/C14H15NO/c1-2-15-10-14(16)13-9-5-7-11-6-3-4-8-12(11)13/h3-9,15H,2,10H2,1H3. The summed E-state index contributed by atoms with van der Waals surface area (Å²) in [6.07, 6.45) is 0. The predicted octanol–water partition coefficient (Wildman–Crippen LogP) is 2.63. The zero-order chi connectivity index (χ0) is 11.4. The van der Waals surface area contributed by atoms with Gasteiger partial charge >= 0.3 is 0 Å². The van der Waals surface area contributed by atoms with Crippen LogP contribution >= 0.6 is 0 Å². The summed E-state index contributed by atoms with van der Waals surface area (Å²) in [5.41, 5.74) is 0.805. The van der Waals surface area contributed by atoms with Crippen molar-refractivity contribution in [3.8, 4) is 0 Å². The van der Waals surface area contributed by atoms with E-state index >= 15 is 0 Å². The molecule has 0 amide bonds. The lowest BCUT2D eigenvalue weighted by Crippen LogP contribution is -2.22. The molecule has 2 rings (SSSR count). The molecule has 0 radical (unpaired) electrons. The van der Waals surface area contributed by atoms with Crippen LogP contribution in [0.25, 0.3) is 10.8 Å². The van der Waals surface area contributed by atoms with Gasteiger partial charge < -0.3 is 5.32 Å². The van der Waals surface area contributed by atoms with Gasteiger partial charge in [-0.1, -0.05) is 49.4 Å². The van der Waals surface area contributed by atoms with Crippen LogP contribution in [-0.2, 0) is 0 Å². The summed E-state index contributed by atoms with van der Waals surface area (Å²) in [4.78, 5) is 12.0. The summed E-state index contributed by atoms with van der Waals surface area (Å²) in [6, 6.07) is 13.8. The molecule has 0 bridgehead atoms. The number of carbonyl (C=O) groups is 1. The molecule has 0 aliphatic rings. The van der Waals surface area contributed by atoms with Gasteiger partial charge in [0.15, 0.2) is 5.78 Å². The molecule has 2 aromatic rings. The first-order valence-corrected chi connectivity index (χ1v) is 5.54. The maximum absolute atomic E-state index is 12.0. The van der Waals surface area contributed by atoms with Crippen LogP contribution in [0.4, 0.5) is 0 Å². The second-order valence-corrected chi connectivity index (χ2v) is 3.73. The van der Waals surface area contributed by atoms with Crippen LogP contribution in [0.5, 0.6) is 0 Å². The van der Waals surface area contributed by atoms with Crippen LogP contribution in [-0.4, -0.2) is 18.9 Å². The molecular weight excluding hydrogens is 198 g/mol. The second-order valence-electron chi connectivity index (χ2n) is 3.73. The number of hydrogen-bond acceptors (Lipinski definition) is 2. The van der Waals surface area contributed by atoms with E-state index in [9.17, 15) is 4.79 Å². The molecule has 2 heteroatoms. The highest BCUT2D eigenvalue weighted by Gasteiger charge is 2.08. The molecule has 0 spiro atoms. The molecular formula is C14H15NO. The lowest BCUT2D eigenvalue weighted by Gasteiger charge is -2.05. The first-order chi connectivity index (χ1) is 7.83. The van der Waals surface area contributed by atoms with Crippen LogP contribution in [0.3, 0.4) is 0 Å². The summed E-state index contributed by atoms with van der Waals surface area (Å²) in [5.74, 6) is 0.152. The fourth-order valence-corrected chi connectivity index (χ4v) is 1.80. The monoisotopic (exact) mass is 213 g/mol. The minimum absolute atomic E-state index is 0.152. The van der Waals surface area contributed by atoms with E-state index in [4.69, 9.17) is 0 Å². The number of Topliss-reactive ketones (excluding diaryl/α,β-unsaturated/α-hetero) is 1. The van der Waals surface area contributed by atoms with E-state index in [0.717, 1.165) is 22.9 Å². The number of benzene rings is 2. The highest BCUT2D eigenvalue weighted by molar-refractivity contribution is 6.08. The Kier molecular flexibility index (Phi) is 3.32. The van der Waals surface area contributed by atoms with Gasteiger partial charge in [0, 0.05) is 5.56 Å². The molecule has 0 atom stereocenters.